The molecule has 0 aliphatic carbocycles. The fourth-order valence-corrected chi connectivity index (χ4v) is 2.12. The zero-order chi connectivity index (χ0) is 12.3. The van der Waals surface area contributed by atoms with Gasteiger partial charge in [0.2, 0.25) is 0 Å². The molecule has 2 rings (SSSR count). The lowest BCUT2D eigenvalue weighted by molar-refractivity contribution is 0.233. The molecule has 1 heterocycles. The van der Waals surface area contributed by atoms with E-state index in [4.69, 9.17) is 5.73 Å². The third kappa shape index (κ3) is 3.11. The molecule has 1 saturated heterocycles. The van der Waals surface area contributed by atoms with Crippen molar-refractivity contribution < 1.29 is 0 Å². The van der Waals surface area contributed by atoms with Crippen molar-refractivity contribution in [3.8, 4) is 0 Å². The highest BCUT2D eigenvalue weighted by molar-refractivity contribution is 5.57. The molecule has 0 amide bonds. The van der Waals surface area contributed by atoms with Crippen molar-refractivity contribution in [1.82, 2.24) is 10.2 Å². The standard InChI is InChI=1S/C13H22N4/c1-16(2)12-3-4-13(14)11(9-12)10-17-7-5-15-6-8-17/h3-4,9,15H,5-8,10,14H2,1-2H3. The van der Waals surface area contributed by atoms with Gasteiger partial charge in [-0.15, -0.1) is 0 Å². The first-order valence-electron chi connectivity index (χ1n) is 6.15. The second kappa shape index (κ2) is 5.38. The van der Waals surface area contributed by atoms with Crippen LogP contribution in [-0.2, 0) is 6.54 Å². The van der Waals surface area contributed by atoms with Crippen LogP contribution in [0.2, 0.25) is 0 Å². The first kappa shape index (κ1) is 12.2. The van der Waals surface area contributed by atoms with E-state index >= 15 is 0 Å². The number of nitrogen functional groups attached to an aromatic ring is 1. The van der Waals surface area contributed by atoms with Crippen molar-refractivity contribution in [1.29, 1.82) is 0 Å². The van der Waals surface area contributed by atoms with Gasteiger partial charge in [-0.1, -0.05) is 0 Å². The number of piperazine rings is 1. The second-order valence-electron chi connectivity index (χ2n) is 4.80. The van der Waals surface area contributed by atoms with Gasteiger partial charge < -0.3 is 16.0 Å². The van der Waals surface area contributed by atoms with Gasteiger partial charge in [0, 0.05) is 58.2 Å². The molecule has 0 spiro atoms. The highest BCUT2D eigenvalue weighted by atomic mass is 15.2. The van der Waals surface area contributed by atoms with E-state index in [9.17, 15) is 0 Å². The van der Waals surface area contributed by atoms with Gasteiger partial charge >= 0.3 is 0 Å². The third-order valence-corrected chi connectivity index (χ3v) is 3.25. The molecule has 1 aliphatic rings. The van der Waals surface area contributed by atoms with Crippen LogP contribution < -0.4 is 16.0 Å². The van der Waals surface area contributed by atoms with Gasteiger partial charge in [0.15, 0.2) is 0 Å². The summed E-state index contributed by atoms with van der Waals surface area (Å²) in [6.07, 6.45) is 0. The number of rotatable bonds is 3. The van der Waals surface area contributed by atoms with E-state index < -0.39 is 0 Å². The van der Waals surface area contributed by atoms with E-state index in [0.717, 1.165) is 38.4 Å². The number of benzene rings is 1. The lowest BCUT2D eigenvalue weighted by Crippen LogP contribution is -2.43. The Morgan fingerprint density at radius 2 is 2.00 bits per heavy atom. The normalized spacial score (nSPS) is 17.1. The van der Waals surface area contributed by atoms with E-state index in [1.165, 1.54) is 11.3 Å². The Hall–Kier alpha value is -1.26. The monoisotopic (exact) mass is 234 g/mol. The van der Waals surface area contributed by atoms with E-state index in [1.807, 2.05) is 6.07 Å². The van der Waals surface area contributed by atoms with Crippen LogP contribution in [0.25, 0.3) is 0 Å². The molecule has 4 nitrogen and oxygen atoms in total. The maximum Gasteiger partial charge on any atom is 0.0365 e. The third-order valence-electron chi connectivity index (χ3n) is 3.25. The first-order valence-corrected chi connectivity index (χ1v) is 6.15. The molecule has 4 heteroatoms. The molecule has 0 saturated carbocycles. The Kier molecular flexibility index (Phi) is 3.86. The lowest BCUT2D eigenvalue weighted by Gasteiger charge is -2.28. The summed E-state index contributed by atoms with van der Waals surface area (Å²) < 4.78 is 0. The highest BCUT2D eigenvalue weighted by Gasteiger charge is 2.12. The Morgan fingerprint density at radius 3 is 2.65 bits per heavy atom. The highest BCUT2D eigenvalue weighted by Crippen LogP contribution is 2.21. The molecule has 1 aromatic carbocycles. The predicted octanol–water partition coefficient (Wildman–Crippen LogP) is 0.740. The molecule has 1 aliphatic heterocycles. The zero-order valence-corrected chi connectivity index (χ0v) is 10.7. The molecule has 17 heavy (non-hydrogen) atoms. The summed E-state index contributed by atoms with van der Waals surface area (Å²) in [4.78, 5) is 4.56. The fourth-order valence-electron chi connectivity index (χ4n) is 2.12. The van der Waals surface area contributed by atoms with Crippen LogP contribution in [0.1, 0.15) is 5.56 Å². The fraction of sp³-hybridized carbons (Fsp3) is 0.538. The number of hydrogen-bond acceptors (Lipinski definition) is 4. The van der Waals surface area contributed by atoms with Crippen molar-refractivity contribution >= 4 is 11.4 Å². The minimum absolute atomic E-state index is 0.897. The van der Waals surface area contributed by atoms with Crippen molar-refractivity contribution in [2.75, 3.05) is 50.9 Å². The maximum absolute atomic E-state index is 6.05. The zero-order valence-electron chi connectivity index (χ0n) is 10.7. The molecule has 1 aromatic rings. The van der Waals surface area contributed by atoms with E-state index in [1.54, 1.807) is 0 Å². The molecule has 0 bridgehead atoms. The summed E-state index contributed by atoms with van der Waals surface area (Å²) in [5, 5.41) is 3.36. The van der Waals surface area contributed by atoms with Crippen molar-refractivity contribution in [2.45, 2.75) is 6.54 Å². The smallest absolute Gasteiger partial charge is 0.0365 e. The molecular weight excluding hydrogens is 212 g/mol. The van der Waals surface area contributed by atoms with Crippen LogP contribution in [0.3, 0.4) is 0 Å². The molecule has 1 fully saturated rings. The SMILES string of the molecule is CN(C)c1ccc(N)c(CN2CCNCC2)c1. The average molecular weight is 234 g/mol. The number of nitrogens with two attached hydrogens (primary N) is 1. The first-order chi connectivity index (χ1) is 8.16. The summed E-state index contributed by atoms with van der Waals surface area (Å²) in [5.41, 5.74) is 9.39. The quantitative estimate of drug-likeness (QED) is 0.757. The van der Waals surface area contributed by atoms with Crippen LogP contribution in [0, 0.1) is 0 Å². The number of nitrogens with zero attached hydrogens (tertiary/aromatic N) is 2. The number of nitrogens with one attached hydrogen (secondary N) is 1. The van der Waals surface area contributed by atoms with Crippen LogP contribution in [0.5, 0.6) is 0 Å². The van der Waals surface area contributed by atoms with Crippen molar-refractivity contribution in [2.24, 2.45) is 0 Å². The van der Waals surface area contributed by atoms with E-state index in [2.05, 4.69) is 41.3 Å². The Balaban J connectivity index is 2.10. The minimum Gasteiger partial charge on any atom is -0.398 e. The predicted molar refractivity (Wildman–Crippen MR) is 73.3 cm³/mol. The van der Waals surface area contributed by atoms with Crippen LogP contribution in [0.15, 0.2) is 18.2 Å². The van der Waals surface area contributed by atoms with Gasteiger partial charge in [0.05, 0.1) is 0 Å². The Labute approximate surface area is 103 Å². The largest absolute Gasteiger partial charge is 0.398 e. The summed E-state index contributed by atoms with van der Waals surface area (Å²) in [5.74, 6) is 0. The van der Waals surface area contributed by atoms with Gasteiger partial charge in [-0.2, -0.15) is 0 Å². The van der Waals surface area contributed by atoms with Crippen molar-refractivity contribution in [3.63, 3.8) is 0 Å². The number of anilines is 2. The average Bonchev–Trinajstić information content (AvgIpc) is 2.33. The van der Waals surface area contributed by atoms with E-state index in [-0.39, 0.29) is 0 Å². The van der Waals surface area contributed by atoms with E-state index in [0.29, 0.717) is 0 Å². The molecule has 0 atom stereocenters. The molecular formula is C13H22N4. The van der Waals surface area contributed by atoms with Crippen LogP contribution in [-0.4, -0.2) is 45.2 Å². The Bertz CT molecular complexity index is 370. The van der Waals surface area contributed by atoms with Crippen LogP contribution >= 0.6 is 0 Å². The van der Waals surface area contributed by atoms with Gasteiger partial charge in [-0.3, -0.25) is 4.90 Å². The van der Waals surface area contributed by atoms with Gasteiger partial charge in [-0.05, 0) is 23.8 Å². The minimum atomic E-state index is 0.897. The molecule has 0 radical (unpaired) electrons. The van der Waals surface area contributed by atoms with Crippen LogP contribution in [0.4, 0.5) is 11.4 Å². The summed E-state index contributed by atoms with van der Waals surface area (Å²) >= 11 is 0. The molecule has 94 valence electrons. The number of hydrogen-bond donors (Lipinski definition) is 2. The summed E-state index contributed by atoms with van der Waals surface area (Å²) in [6, 6.07) is 6.26. The summed E-state index contributed by atoms with van der Waals surface area (Å²) in [7, 11) is 4.11. The van der Waals surface area contributed by atoms with Gasteiger partial charge in [0.25, 0.3) is 0 Å². The topological polar surface area (TPSA) is 44.5 Å². The second-order valence-corrected chi connectivity index (χ2v) is 4.80. The lowest BCUT2D eigenvalue weighted by atomic mass is 10.1. The van der Waals surface area contributed by atoms with Gasteiger partial charge in [-0.25, -0.2) is 0 Å². The van der Waals surface area contributed by atoms with Gasteiger partial charge in [0.1, 0.15) is 0 Å². The Morgan fingerprint density at radius 1 is 1.29 bits per heavy atom. The maximum atomic E-state index is 6.05. The molecule has 0 unspecified atom stereocenters. The molecule has 3 N–H and O–H groups in total. The summed E-state index contributed by atoms with van der Waals surface area (Å²) in [6.45, 7) is 5.31. The van der Waals surface area contributed by atoms with Crippen molar-refractivity contribution in [3.05, 3.63) is 23.8 Å². The molecule has 0 aromatic heterocycles.